The van der Waals surface area contributed by atoms with E-state index < -0.39 is 0 Å². The van der Waals surface area contributed by atoms with Crippen LogP contribution in [0.3, 0.4) is 0 Å². The van der Waals surface area contributed by atoms with Crippen LogP contribution in [0.25, 0.3) is 17.2 Å². The molecule has 5 rings (SSSR count). The summed E-state index contributed by atoms with van der Waals surface area (Å²) in [4.78, 5) is 17.2. The fourth-order valence-electron chi connectivity index (χ4n) is 4.07. The van der Waals surface area contributed by atoms with Gasteiger partial charge in [-0.25, -0.2) is 9.37 Å². The molecule has 3 heterocycles. The van der Waals surface area contributed by atoms with Crippen LogP contribution in [0, 0.1) is 25.1 Å². The van der Waals surface area contributed by atoms with Crippen LogP contribution in [-0.4, -0.2) is 37.5 Å². The second-order valence-electron chi connectivity index (χ2n) is 7.78. The smallest absolute Gasteiger partial charge is 0.272 e. The number of carbonyl (C=O) groups is 1. The van der Waals surface area contributed by atoms with E-state index in [9.17, 15) is 9.18 Å². The molecule has 1 amide bonds. The van der Waals surface area contributed by atoms with Crippen LogP contribution in [0.15, 0.2) is 54.7 Å². The molecule has 1 N–H and O–H groups in total. The fraction of sp³-hybridized carbons (Fsp3) is 0.160. The molecule has 0 unspecified atom stereocenters. The number of nitrogens with one attached hydrogen (secondary N) is 1. The summed E-state index contributed by atoms with van der Waals surface area (Å²) < 4.78 is 20.4. The predicted octanol–water partition coefficient (Wildman–Crippen LogP) is 3.66. The first-order chi connectivity index (χ1) is 16.5. The molecule has 168 valence electrons. The van der Waals surface area contributed by atoms with Crippen molar-refractivity contribution in [3.63, 3.8) is 0 Å². The van der Waals surface area contributed by atoms with Crippen molar-refractivity contribution in [1.29, 1.82) is 0 Å². The van der Waals surface area contributed by atoms with Crippen molar-refractivity contribution >= 4 is 11.7 Å². The number of hydrogen-bond donors (Lipinski definition) is 1. The molecule has 0 fully saturated rings. The topological polar surface area (TPSA) is 94.8 Å². The van der Waals surface area contributed by atoms with Gasteiger partial charge in [-0.3, -0.25) is 4.79 Å². The van der Waals surface area contributed by atoms with E-state index in [0.717, 1.165) is 16.8 Å². The fourth-order valence-corrected chi connectivity index (χ4v) is 4.07. The molecule has 0 aliphatic carbocycles. The lowest BCUT2D eigenvalue weighted by Gasteiger charge is -2.24. The van der Waals surface area contributed by atoms with Crippen LogP contribution in [0.4, 0.5) is 10.2 Å². The van der Waals surface area contributed by atoms with Crippen molar-refractivity contribution in [3.05, 3.63) is 77.4 Å². The van der Waals surface area contributed by atoms with E-state index in [-0.39, 0.29) is 36.6 Å². The van der Waals surface area contributed by atoms with Gasteiger partial charge in [0.25, 0.3) is 5.95 Å². The van der Waals surface area contributed by atoms with E-state index in [1.807, 2.05) is 31.2 Å². The van der Waals surface area contributed by atoms with Crippen LogP contribution in [-0.2, 0) is 4.79 Å². The van der Waals surface area contributed by atoms with E-state index >= 15 is 0 Å². The van der Waals surface area contributed by atoms with Gasteiger partial charge in [-0.15, -0.1) is 11.5 Å². The van der Waals surface area contributed by atoms with Crippen LogP contribution < -0.4 is 10.1 Å². The first-order valence-electron chi connectivity index (χ1n) is 10.5. The number of aryl methyl sites for hydroxylation is 1. The van der Waals surface area contributed by atoms with E-state index in [4.69, 9.17) is 11.2 Å². The second kappa shape index (κ2) is 8.75. The third kappa shape index (κ3) is 3.97. The quantitative estimate of drug-likeness (QED) is 0.463. The van der Waals surface area contributed by atoms with Crippen molar-refractivity contribution in [2.45, 2.75) is 19.3 Å². The van der Waals surface area contributed by atoms with Gasteiger partial charge in [-0.05, 0) is 48.9 Å². The van der Waals surface area contributed by atoms with Gasteiger partial charge >= 0.3 is 0 Å². The number of aromatic nitrogens is 5. The van der Waals surface area contributed by atoms with E-state index in [1.165, 1.54) is 23.0 Å². The van der Waals surface area contributed by atoms with Gasteiger partial charge in [-0.1, -0.05) is 18.1 Å². The molecular formula is C25H19FN6O2. The number of benzene rings is 2. The van der Waals surface area contributed by atoms with E-state index in [0.29, 0.717) is 22.8 Å². The molecule has 1 aliphatic heterocycles. The normalized spacial score (nSPS) is 14.7. The maximum Gasteiger partial charge on any atom is 0.272 e. The number of hydrogen-bond acceptors (Lipinski definition) is 6. The molecule has 1 aliphatic rings. The minimum atomic E-state index is -0.342. The maximum atomic E-state index is 13.3. The number of terminal acetylenes is 1. The van der Waals surface area contributed by atoms with Gasteiger partial charge in [0.15, 0.2) is 0 Å². The third-order valence-corrected chi connectivity index (χ3v) is 5.56. The summed E-state index contributed by atoms with van der Waals surface area (Å²) in [5.41, 5.74) is 3.69. The zero-order chi connectivity index (χ0) is 23.7. The number of ether oxygens (including phenoxy) is 1. The summed E-state index contributed by atoms with van der Waals surface area (Å²) in [6.07, 6.45) is 7.04. The van der Waals surface area contributed by atoms with Gasteiger partial charge in [-0.2, -0.15) is 14.9 Å². The molecule has 8 nitrogen and oxygen atoms in total. The summed E-state index contributed by atoms with van der Waals surface area (Å²) in [6, 6.07) is 13.4. The summed E-state index contributed by atoms with van der Waals surface area (Å²) in [5.74, 6) is 3.03. The molecule has 0 saturated heterocycles. The Hall–Kier alpha value is -4.58. The Morgan fingerprint density at radius 3 is 2.88 bits per heavy atom. The van der Waals surface area contributed by atoms with Gasteiger partial charge in [0.2, 0.25) is 5.91 Å². The van der Waals surface area contributed by atoms with Crippen LogP contribution >= 0.6 is 0 Å². The molecule has 0 radical (unpaired) electrons. The maximum absolute atomic E-state index is 13.3. The Balaban J connectivity index is 1.56. The lowest BCUT2D eigenvalue weighted by Crippen LogP contribution is -2.25. The first-order valence-corrected chi connectivity index (χ1v) is 10.5. The number of anilines is 1. The summed E-state index contributed by atoms with van der Waals surface area (Å²) >= 11 is 0. The Morgan fingerprint density at radius 1 is 1.26 bits per heavy atom. The van der Waals surface area contributed by atoms with Gasteiger partial charge < -0.3 is 10.1 Å². The largest absolute Gasteiger partial charge is 0.481 e. The first kappa shape index (κ1) is 21.3. The number of amides is 1. The standard InChI is InChI=1S/C25H19FN6O2/c1-3-11-34-19-6-4-5-17(12-19)20-13-22(33)29-24-23(20)15(2)31-32(24)25-28-21(14-27-30-25)16-7-9-18(26)10-8-16/h1,4-10,12,14,20H,11,13H2,2H3,(H,29,33)/t20-/m0/s1. The van der Waals surface area contributed by atoms with Gasteiger partial charge in [0.05, 0.1) is 17.6 Å². The van der Waals surface area contributed by atoms with Crippen molar-refractivity contribution < 1.29 is 13.9 Å². The molecule has 34 heavy (non-hydrogen) atoms. The number of fused-ring (bicyclic) bond motifs is 1. The lowest BCUT2D eigenvalue weighted by atomic mass is 9.86. The molecule has 0 saturated carbocycles. The van der Waals surface area contributed by atoms with Crippen molar-refractivity contribution in [1.82, 2.24) is 25.0 Å². The molecule has 2 aromatic carbocycles. The summed E-state index contributed by atoms with van der Waals surface area (Å²) in [6.45, 7) is 2.03. The van der Waals surface area contributed by atoms with E-state index in [2.05, 4.69) is 31.5 Å². The number of carbonyl (C=O) groups excluding carboxylic acids is 1. The van der Waals surface area contributed by atoms with Crippen molar-refractivity contribution in [2.24, 2.45) is 0 Å². The molecule has 0 spiro atoms. The molecule has 0 bridgehead atoms. The second-order valence-corrected chi connectivity index (χ2v) is 7.78. The van der Waals surface area contributed by atoms with Crippen LogP contribution in [0.5, 0.6) is 5.75 Å². The highest BCUT2D eigenvalue weighted by atomic mass is 19.1. The zero-order valence-electron chi connectivity index (χ0n) is 18.2. The monoisotopic (exact) mass is 454 g/mol. The van der Waals surface area contributed by atoms with Crippen LogP contribution in [0.1, 0.15) is 29.2 Å². The molecule has 9 heteroatoms. The minimum Gasteiger partial charge on any atom is -0.481 e. The van der Waals surface area contributed by atoms with E-state index in [1.54, 1.807) is 12.1 Å². The number of halogens is 1. The molecular weight excluding hydrogens is 435 g/mol. The minimum absolute atomic E-state index is 0.156. The Bertz CT molecular complexity index is 1420. The lowest BCUT2D eigenvalue weighted by molar-refractivity contribution is -0.116. The number of nitrogens with zero attached hydrogens (tertiary/aromatic N) is 5. The molecule has 2 aromatic heterocycles. The SMILES string of the molecule is C#CCOc1cccc([C@@H]2CC(=O)Nc3c2c(C)nn3-c2nncc(-c3ccc(F)cc3)n2)c1. The highest BCUT2D eigenvalue weighted by molar-refractivity contribution is 5.95. The average molecular weight is 454 g/mol. The Kier molecular flexibility index (Phi) is 5.47. The van der Waals surface area contributed by atoms with Crippen molar-refractivity contribution in [3.8, 4) is 35.3 Å². The van der Waals surface area contributed by atoms with Gasteiger partial charge in [0.1, 0.15) is 24.0 Å². The average Bonchev–Trinajstić information content (AvgIpc) is 3.19. The molecule has 4 aromatic rings. The predicted molar refractivity (Wildman–Crippen MR) is 123 cm³/mol. The number of rotatable bonds is 5. The highest BCUT2D eigenvalue weighted by Crippen LogP contribution is 2.40. The molecule has 1 atom stereocenters. The summed E-state index contributed by atoms with van der Waals surface area (Å²) in [5, 5.41) is 15.7. The highest BCUT2D eigenvalue weighted by Gasteiger charge is 2.33. The third-order valence-electron chi connectivity index (χ3n) is 5.56. The summed E-state index contributed by atoms with van der Waals surface area (Å²) in [7, 11) is 0. The van der Waals surface area contributed by atoms with Gasteiger partial charge in [0, 0.05) is 23.5 Å². The Morgan fingerprint density at radius 2 is 2.09 bits per heavy atom. The van der Waals surface area contributed by atoms with Crippen molar-refractivity contribution in [2.75, 3.05) is 11.9 Å². The Labute approximate surface area is 194 Å². The zero-order valence-corrected chi connectivity index (χ0v) is 18.2. The van der Waals surface area contributed by atoms with Crippen LogP contribution in [0.2, 0.25) is 0 Å².